The summed E-state index contributed by atoms with van der Waals surface area (Å²) in [6.07, 6.45) is 4.49. The number of hydrogen-bond donors (Lipinski definition) is 2. The summed E-state index contributed by atoms with van der Waals surface area (Å²) in [6.45, 7) is 8.71. The van der Waals surface area contributed by atoms with Crippen molar-refractivity contribution in [3.05, 3.63) is 35.8 Å². The third-order valence-corrected chi connectivity index (χ3v) is 4.28. The first-order chi connectivity index (χ1) is 12.2. The monoisotopic (exact) mass is 344 g/mol. The second kappa shape index (κ2) is 8.18. The fourth-order valence-corrected chi connectivity index (χ4v) is 2.94. The van der Waals surface area contributed by atoms with E-state index >= 15 is 0 Å². The predicted octanol–water partition coefficient (Wildman–Crippen LogP) is 2.11. The summed E-state index contributed by atoms with van der Waals surface area (Å²) >= 11 is 0. The maximum absolute atomic E-state index is 5.36. The maximum Gasteiger partial charge on any atom is 0.191 e. The topological polar surface area (TPSA) is 80.3 Å². The molecule has 7 heteroatoms. The largest absolute Gasteiger partial charge is 0.469 e. The van der Waals surface area contributed by atoms with E-state index in [1.54, 1.807) is 6.26 Å². The molecule has 1 aliphatic heterocycles. The summed E-state index contributed by atoms with van der Waals surface area (Å²) in [5.74, 6) is 4.22. The number of aryl methyl sites for hydroxylation is 1. The molecule has 0 aromatic carbocycles. The van der Waals surface area contributed by atoms with Gasteiger partial charge in [-0.15, -0.1) is 0 Å². The summed E-state index contributed by atoms with van der Waals surface area (Å²) in [5, 5.41) is 11.5. The highest BCUT2D eigenvalue weighted by Crippen LogP contribution is 2.16. The van der Waals surface area contributed by atoms with Crippen molar-refractivity contribution in [1.29, 1.82) is 0 Å². The minimum absolute atomic E-state index is 0.315. The Morgan fingerprint density at radius 2 is 2.36 bits per heavy atom. The highest BCUT2D eigenvalue weighted by molar-refractivity contribution is 5.80. The van der Waals surface area contributed by atoms with Crippen LogP contribution in [0.3, 0.4) is 0 Å². The zero-order valence-corrected chi connectivity index (χ0v) is 15.3. The van der Waals surface area contributed by atoms with Gasteiger partial charge in [-0.3, -0.25) is 4.99 Å². The first kappa shape index (κ1) is 17.5. The molecule has 3 rings (SSSR count). The van der Waals surface area contributed by atoms with Gasteiger partial charge in [0.05, 0.1) is 12.8 Å². The molecular formula is C18H28N6O. The van der Waals surface area contributed by atoms with Crippen molar-refractivity contribution in [2.75, 3.05) is 13.1 Å². The summed E-state index contributed by atoms with van der Waals surface area (Å²) in [7, 11) is 0. The Morgan fingerprint density at radius 1 is 1.48 bits per heavy atom. The van der Waals surface area contributed by atoms with Crippen LogP contribution in [0.15, 0.2) is 27.8 Å². The van der Waals surface area contributed by atoms with E-state index in [4.69, 9.17) is 4.42 Å². The van der Waals surface area contributed by atoms with E-state index in [1.165, 1.54) is 0 Å². The lowest BCUT2D eigenvalue weighted by molar-refractivity contribution is 0.391. The SMILES string of the molecule is CCNC(=NCCc1ccco1)NC1CCc2nc(C(C)C)nn2C1. The van der Waals surface area contributed by atoms with Crippen molar-refractivity contribution in [3.8, 4) is 0 Å². The second-order valence-electron chi connectivity index (χ2n) is 6.69. The fraction of sp³-hybridized carbons (Fsp3) is 0.611. The van der Waals surface area contributed by atoms with Crippen molar-refractivity contribution < 1.29 is 4.42 Å². The predicted molar refractivity (Wildman–Crippen MR) is 97.7 cm³/mol. The second-order valence-corrected chi connectivity index (χ2v) is 6.69. The Bertz CT molecular complexity index is 688. The van der Waals surface area contributed by atoms with Gasteiger partial charge < -0.3 is 15.1 Å². The zero-order chi connectivity index (χ0) is 17.6. The first-order valence-corrected chi connectivity index (χ1v) is 9.16. The third kappa shape index (κ3) is 4.61. The molecule has 0 aliphatic carbocycles. The van der Waals surface area contributed by atoms with Crippen molar-refractivity contribution in [2.45, 2.75) is 58.5 Å². The molecule has 7 nitrogen and oxygen atoms in total. The summed E-state index contributed by atoms with van der Waals surface area (Å²) in [5.41, 5.74) is 0. The molecule has 2 aromatic heterocycles. The minimum atomic E-state index is 0.315. The lowest BCUT2D eigenvalue weighted by Crippen LogP contribution is -2.47. The number of rotatable bonds is 6. The van der Waals surface area contributed by atoms with E-state index in [0.717, 1.165) is 55.7 Å². The van der Waals surface area contributed by atoms with Gasteiger partial charge in [-0.05, 0) is 25.5 Å². The number of hydrogen-bond acceptors (Lipinski definition) is 4. The molecule has 0 bridgehead atoms. The van der Waals surface area contributed by atoms with E-state index in [-0.39, 0.29) is 0 Å². The van der Waals surface area contributed by atoms with Gasteiger partial charge >= 0.3 is 0 Å². The maximum atomic E-state index is 5.36. The number of guanidine groups is 1. The van der Waals surface area contributed by atoms with E-state index in [1.807, 2.05) is 16.8 Å². The number of aliphatic imine (C=N–C) groups is 1. The molecular weight excluding hydrogens is 316 g/mol. The molecule has 136 valence electrons. The van der Waals surface area contributed by atoms with Crippen molar-refractivity contribution in [2.24, 2.45) is 4.99 Å². The molecule has 0 saturated heterocycles. The number of nitrogens with zero attached hydrogens (tertiary/aromatic N) is 4. The molecule has 2 N–H and O–H groups in total. The smallest absolute Gasteiger partial charge is 0.191 e. The number of furan rings is 1. The van der Waals surface area contributed by atoms with Gasteiger partial charge in [0, 0.05) is 37.9 Å². The number of fused-ring (bicyclic) bond motifs is 1. The lowest BCUT2D eigenvalue weighted by atomic mass is 10.1. The van der Waals surface area contributed by atoms with E-state index in [0.29, 0.717) is 18.5 Å². The van der Waals surface area contributed by atoms with Gasteiger partial charge in [0.2, 0.25) is 0 Å². The molecule has 1 atom stereocenters. The minimum Gasteiger partial charge on any atom is -0.469 e. The molecule has 2 aromatic rings. The van der Waals surface area contributed by atoms with Crippen molar-refractivity contribution in [3.63, 3.8) is 0 Å². The van der Waals surface area contributed by atoms with Crippen molar-refractivity contribution >= 4 is 5.96 Å². The van der Waals surface area contributed by atoms with Crippen LogP contribution in [0.25, 0.3) is 0 Å². The summed E-state index contributed by atoms with van der Waals surface area (Å²) in [6, 6.07) is 4.21. The Balaban J connectivity index is 1.58. The highest BCUT2D eigenvalue weighted by Gasteiger charge is 2.23. The Hall–Kier alpha value is -2.31. The van der Waals surface area contributed by atoms with Crippen molar-refractivity contribution in [1.82, 2.24) is 25.4 Å². The average Bonchev–Trinajstić information content (AvgIpc) is 3.23. The Kier molecular flexibility index (Phi) is 5.73. The van der Waals surface area contributed by atoms with Crippen LogP contribution in [0.2, 0.25) is 0 Å². The van der Waals surface area contributed by atoms with Gasteiger partial charge in [0.25, 0.3) is 0 Å². The molecule has 0 fully saturated rings. The van der Waals surface area contributed by atoms with Gasteiger partial charge in [-0.25, -0.2) is 9.67 Å². The summed E-state index contributed by atoms with van der Waals surface area (Å²) in [4.78, 5) is 9.31. The molecule has 0 saturated carbocycles. The fourth-order valence-electron chi connectivity index (χ4n) is 2.94. The quantitative estimate of drug-likeness (QED) is 0.620. The van der Waals surface area contributed by atoms with Crippen LogP contribution in [-0.2, 0) is 19.4 Å². The van der Waals surface area contributed by atoms with E-state index in [9.17, 15) is 0 Å². The van der Waals surface area contributed by atoms with Crippen LogP contribution in [0.5, 0.6) is 0 Å². The Labute approximate surface area is 148 Å². The van der Waals surface area contributed by atoms with Crippen LogP contribution in [0, 0.1) is 0 Å². The highest BCUT2D eigenvalue weighted by atomic mass is 16.3. The molecule has 0 spiro atoms. The zero-order valence-electron chi connectivity index (χ0n) is 15.3. The molecule has 0 amide bonds. The van der Waals surface area contributed by atoms with Crippen LogP contribution < -0.4 is 10.6 Å². The standard InChI is InChI=1S/C18H28N6O/c1-4-19-18(20-10-9-15-6-5-11-25-15)21-14-7-8-16-22-17(13(2)3)23-24(16)12-14/h5-6,11,13-14H,4,7-10,12H2,1-3H3,(H2,19,20,21). The van der Waals surface area contributed by atoms with Gasteiger partial charge in [0.1, 0.15) is 11.6 Å². The van der Waals surface area contributed by atoms with Crippen LogP contribution in [-0.4, -0.2) is 39.9 Å². The van der Waals surface area contributed by atoms with E-state index in [2.05, 4.69) is 46.5 Å². The third-order valence-electron chi connectivity index (χ3n) is 4.28. The van der Waals surface area contributed by atoms with Gasteiger partial charge in [0.15, 0.2) is 11.8 Å². The molecule has 25 heavy (non-hydrogen) atoms. The van der Waals surface area contributed by atoms with Crippen LogP contribution in [0.4, 0.5) is 0 Å². The lowest BCUT2D eigenvalue weighted by Gasteiger charge is -2.25. The van der Waals surface area contributed by atoms with Crippen LogP contribution in [0.1, 0.15) is 50.5 Å². The molecule has 3 heterocycles. The molecule has 1 unspecified atom stereocenters. The van der Waals surface area contributed by atoms with Crippen LogP contribution >= 0.6 is 0 Å². The molecule has 1 aliphatic rings. The molecule has 0 radical (unpaired) electrons. The Morgan fingerprint density at radius 3 is 3.08 bits per heavy atom. The normalized spacial score (nSPS) is 17.6. The van der Waals surface area contributed by atoms with E-state index < -0.39 is 0 Å². The number of aromatic nitrogens is 3. The summed E-state index contributed by atoms with van der Waals surface area (Å²) < 4.78 is 7.40. The first-order valence-electron chi connectivity index (χ1n) is 9.16. The van der Waals surface area contributed by atoms with Gasteiger partial charge in [-0.1, -0.05) is 13.8 Å². The average molecular weight is 344 g/mol. The van der Waals surface area contributed by atoms with Gasteiger partial charge in [-0.2, -0.15) is 5.10 Å². The number of nitrogens with one attached hydrogen (secondary N) is 2.